The van der Waals surface area contributed by atoms with Gasteiger partial charge >= 0.3 is 0 Å². The highest BCUT2D eigenvalue weighted by molar-refractivity contribution is 5.86. The molecular weight excluding hydrogens is 316 g/mol. The molecule has 1 aromatic rings. The summed E-state index contributed by atoms with van der Waals surface area (Å²) in [4.78, 5) is 32.7. The van der Waals surface area contributed by atoms with Gasteiger partial charge in [0.1, 0.15) is 5.82 Å². The average Bonchev–Trinajstić information content (AvgIpc) is 3.20. The van der Waals surface area contributed by atoms with Gasteiger partial charge < -0.3 is 14.4 Å². The summed E-state index contributed by atoms with van der Waals surface area (Å²) in [7, 11) is 0. The quantitative estimate of drug-likeness (QED) is 0.821. The molecular formula is C19H28N4O2. The van der Waals surface area contributed by atoms with E-state index in [1.54, 1.807) is 4.90 Å². The van der Waals surface area contributed by atoms with Crippen molar-refractivity contribution < 1.29 is 9.59 Å². The van der Waals surface area contributed by atoms with Crippen LogP contribution in [0, 0.1) is 5.92 Å². The van der Waals surface area contributed by atoms with E-state index in [0.717, 1.165) is 57.2 Å². The van der Waals surface area contributed by atoms with Crippen LogP contribution in [0.4, 0.5) is 0 Å². The zero-order valence-corrected chi connectivity index (χ0v) is 14.9. The van der Waals surface area contributed by atoms with Crippen LogP contribution < -0.4 is 0 Å². The van der Waals surface area contributed by atoms with Gasteiger partial charge in [0.05, 0.1) is 6.54 Å². The van der Waals surface area contributed by atoms with E-state index < -0.39 is 0 Å². The first-order valence-corrected chi connectivity index (χ1v) is 9.77. The van der Waals surface area contributed by atoms with Crippen molar-refractivity contribution in [3.8, 4) is 0 Å². The topological polar surface area (TPSA) is 58.4 Å². The van der Waals surface area contributed by atoms with Crippen molar-refractivity contribution in [1.29, 1.82) is 0 Å². The van der Waals surface area contributed by atoms with Crippen molar-refractivity contribution in [1.82, 2.24) is 19.4 Å². The van der Waals surface area contributed by atoms with Crippen LogP contribution in [0.2, 0.25) is 0 Å². The monoisotopic (exact) mass is 344 g/mol. The first kappa shape index (κ1) is 16.6. The van der Waals surface area contributed by atoms with Crippen LogP contribution >= 0.6 is 0 Å². The second-order valence-electron chi connectivity index (χ2n) is 7.83. The summed E-state index contributed by atoms with van der Waals surface area (Å²) in [5.74, 6) is 2.48. The maximum absolute atomic E-state index is 12.6. The van der Waals surface area contributed by atoms with Gasteiger partial charge in [0.2, 0.25) is 11.8 Å². The van der Waals surface area contributed by atoms with E-state index in [1.807, 2.05) is 11.1 Å². The lowest BCUT2D eigenvalue weighted by molar-refractivity contribution is -0.139. The molecule has 3 aliphatic rings. The van der Waals surface area contributed by atoms with Crippen molar-refractivity contribution in [3.63, 3.8) is 0 Å². The largest absolute Gasteiger partial charge is 0.340 e. The number of rotatable bonds is 5. The SMILES string of the molecule is O=C1CCCN1CC(=O)N1CCCC(c2nccn2CC2CCC2)C1. The average molecular weight is 344 g/mol. The summed E-state index contributed by atoms with van der Waals surface area (Å²) >= 11 is 0. The van der Waals surface area contributed by atoms with Crippen molar-refractivity contribution in [2.75, 3.05) is 26.2 Å². The van der Waals surface area contributed by atoms with Gasteiger partial charge in [-0.3, -0.25) is 9.59 Å². The molecule has 6 heteroatoms. The summed E-state index contributed by atoms with van der Waals surface area (Å²) in [5, 5.41) is 0. The van der Waals surface area contributed by atoms with Gasteiger partial charge in [-0.2, -0.15) is 0 Å². The van der Waals surface area contributed by atoms with Crippen LogP contribution in [0.5, 0.6) is 0 Å². The number of hydrogen-bond acceptors (Lipinski definition) is 3. The minimum absolute atomic E-state index is 0.0945. The molecule has 1 unspecified atom stereocenters. The van der Waals surface area contributed by atoms with E-state index in [2.05, 4.69) is 15.7 Å². The highest BCUT2D eigenvalue weighted by Gasteiger charge is 2.30. The number of amides is 2. The predicted molar refractivity (Wildman–Crippen MR) is 93.9 cm³/mol. The zero-order chi connectivity index (χ0) is 17.2. The fraction of sp³-hybridized carbons (Fsp3) is 0.737. The Bertz CT molecular complexity index is 637. The number of likely N-dealkylation sites (tertiary alicyclic amines) is 2. The summed E-state index contributed by atoms with van der Waals surface area (Å²) < 4.78 is 2.31. The standard InChI is InChI=1S/C19H28N4O2/c24-17-7-3-10-22(17)14-18(25)21-9-2-6-16(13-21)19-20-8-11-23(19)12-15-4-1-5-15/h8,11,15-16H,1-7,9-10,12-14H2. The van der Waals surface area contributed by atoms with Crippen molar-refractivity contribution >= 4 is 11.8 Å². The lowest BCUT2D eigenvalue weighted by Gasteiger charge is -2.34. The van der Waals surface area contributed by atoms with E-state index in [9.17, 15) is 9.59 Å². The van der Waals surface area contributed by atoms with Gasteiger partial charge in [0.25, 0.3) is 0 Å². The second-order valence-corrected chi connectivity index (χ2v) is 7.83. The maximum Gasteiger partial charge on any atom is 0.242 e. The number of carbonyl (C=O) groups is 2. The van der Waals surface area contributed by atoms with Crippen molar-refractivity contribution in [3.05, 3.63) is 18.2 Å². The van der Waals surface area contributed by atoms with E-state index in [1.165, 1.54) is 19.3 Å². The number of carbonyl (C=O) groups excluding carboxylic acids is 2. The molecule has 0 spiro atoms. The minimum Gasteiger partial charge on any atom is -0.340 e. The molecule has 136 valence electrons. The zero-order valence-electron chi connectivity index (χ0n) is 14.9. The molecule has 0 N–H and O–H groups in total. The van der Waals surface area contributed by atoms with Gasteiger partial charge in [0.15, 0.2) is 0 Å². The third-order valence-electron chi connectivity index (χ3n) is 6.06. The highest BCUT2D eigenvalue weighted by Crippen LogP contribution is 2.31. The third kappa shape index (κ3) is 3.58. The normalized spacial score (nSPS) is 24.6. The number of hydrogen-bond donors (Lipinski definition) is 0. The fourth-order valence-electron chi connectivity index (χ4n) is 4.34. The number of nitrogens with zero attached hydrogens (tertiary/aromatic N) is 4. The molecule has 2 saturated heterocycles. The van der Waals surface area contributed by atoms with Crippen molar-refractivity contribution in [2.24, 2.45) is 5.92 Å². The highest BCUT2D eigenvalue weighted by atomic mass is 16.2. The smallest absolute Gasteiger partial charge is 0.242 e. The first-order valence-electron chi connectivity index (χ1n) is 9.77. The van der Waals surface area contributed by atoms with Crippen LogP contribution in [0.15, 0.2) is 12.4 Å². The van der Waals surface area contributed by atoms with Gasteiger partial charge in [-0.25, -0.2) is 4.98 Å². The number of piperidine rings is 1. The molecule has 3 fully saturated rings. The number of aromatic nitrogens is 2. The Balaban J connectivity index is 1.38. The predicted octanol–water partition coefficient (Wildman–Crippen LogP) is 2.01. The molecule has 2 amide bonds. The third-order valence-corrected chi connectivity index (χ3v) is 6.06. The molecule has 1 aromatic heterocycles. The molecule has 4 rings (SSSR count). The Morgan fingerprint density at radius 1 is 1.16 bits per heavy atom. The minimum atomic E-state index is 0.0945. The molecule has 6 nitrogen and oxygen atoms in total. The Kier molecular flexibility index (Phi) is 4.77. The summed E-state index contributed by atoms with van der Waals surface area (Å²) in [6.07, 6.45) is 11.6. The van der Waals surface area contributed by atoms with E-state index >= 15 is 0 Å². The lowest BCUT2D eigenvalue weighted by atomic mass is 9.85. The summed E-state index contributed by atoms with van der Waals surface area (Å²) in [5.41, 5.74) is 0. The fourth-order valence-corrected chi connectivity index (χ4v) is 4.34. The molecule has 2 aliphatic heterocycles. The van der Waals surface area contributed by atoms with Gasteiger partial charge in [-0.1, -0.05) is 6.42 Å². The molecule has 0 aromatic carbocycles. The van der Waals surface area contributed by atoms with Crippen LogP contribution in [-0.4, -0.2) is 57.3 Å². The molecule has 1 atom stereocenters. The summed E-state index contributed by atoms with van der Waals surface area (Å²) in [6.45, 7) is 3.60. The van der Waals surface area contributed by atoms with Crippen LogP contribution in [0.3, 0.4) is 0 Å². The van der Waals surface area contributed by atoms with E-state index in [0.29, 0.717) is 12.3 Å². The second kappa shape index (κ2) is 7.18. The molecule has 0 bridgehead atoms. The van der Waals surface area contributed by atoms with E-state index in [4.69, 9.17) is 0 Å². The van der Waals surface area contributed by atoms with Gasteiger partial charge in [-0.05, 0) is 38.0 Å². The van der Waals surface area contributed by atoms with Crippen molar-refractivity contribution in [2.45, 2.75) is 57.4 Å². The Morgan fingerprint density at radius 3 is 2.76 bits per heavy atom. The van der Waals surface area contributed by atoms with E-state index in [-0.39, 0.29) is 18.4 Å². The van der Waals surface area contributed by atoms with Crippen LogP contribution in [-0.2, 0) is 16.1 Å². The number of imidazole rings is 1. The lowest BCUT2D eigenvalue weighted by Crippen LogP contribution is -2.45. The molecule has 0 radical (unpaired) electrons. The Hall–Kier alpha value is -1.85. The summed E-state index contributed by atoms with van der Waals surface area (Å²) in [6, 6.07) is 0. The molecule has 1 saturated carbocycles. The Morgan fingerprint density at radius 2 is 2.04 bits per heavy atom. The maximum atomic E-state index is 12.6. The first-order chi connectivity index (χ1) is 12.2. The molecule has 3 heterocycles. The van der Waals surface area contributed by atoms with Crippen LogP contribution in [0.25, 0.3) is 0 Å². The van der Waals surface area contributed by atoms with Gasteiger partial charge in [0, 0.05) is 50.9 Å². The molecule has 25 heavy (non-hydrogen) atoms. The van der Waals surface area contributed by atoms with Gasteiger partial charge in [-0.15, -0.1) is 0 Å². The molecule has 1 aliphatic carbocycles. The van der Waals surface area contributed by atoms with Crippen LogP contribution in [0.1, 0.15) is 56.7 Å². The Labute approximate surface area is 149 Å².